The van der Waals surface area contributed by atoms with Gasteiger partial charge in [-0.25, -0.2) is 13.6 Å². The van der Waals surface area contributed by atoms with Crippen molar-refractivity contribution < 1.29 is 18.4 Å². The Kier molecular flexibility index (Phi) is 5.86. The second-order valence-corrected chi connectivity index (χ2v) is 6.13. The van der Waals surface area contributed by atoms with Crippen molar-refractivity contribution in [2.24, 2.45) is 0 Å². The lowest BCUT2D eigenvalue weighted by Gasteiger charge is -2.10. The summed E-state index contributed by atoms with van der Waals surface area (Å²) in [4.78, 5) is 24.2. The quantitative estimate of drug-likeness (QED) is 0.504. The molecule has 3 N–H and O–H groups in total. The lowest BCUT2D eigenvalue weighted by molar-refractivity contribution is 0.102. The van der Waals surface area contributed by atoms with Crippen molar-refractivity contribution >= 4 is 40.6 Å². The Morgan fingerprint density at radius 2 is 1.21 bits per heavy atom. The largest absolute Gasteiger partial charge is 0.323 e. The summed E-state index contributed by atoms with van der Waals surface area (Å²) in [6.45, 7) is 0. The van der Waals surface area contributed by atoms with Crippen molar-refractivity contribution in [3.8, 4) is 0 Å². The number of rotatable bonds is 4. The van der Waals surface area contributed by atoms with E-state index < -0.39 is 23.6 Å². The standard InChI is InChI=1S/C20H14ClF2N3O2/c21-16-11-18(23)17(22)10-15(16)19(27)24-13-6-8-14(9-7-13)26-20(28)25-12-4-2-1-3-5-12/h1-11H,(H,24,27)(H2,25,26,28). The lowest BCUT2D eigenvalue weighted by atomic mass is 10.2. The van der Waals surface area contributed by atoms with Gasteiger partial charge < -0.3 is 16.0 Å². The molecule has 3 rings (SSSR count). The van der Waals surface area contributed by atoms with Gasteiger partial charge in [-0.05, 0) is 48.5 Å². The summed E-state index contributed by atoms with van der Waals surface area (Å²) < 4.78 is 26.4. The number of carbonyl (C=O) groups excluding carboxylic acids is 2. The molecular formula is C20H14ClF2N3O2. The molecule has 3 aromatic rings. The lowest BCUT2D eigenvalue weighted by Crippen LogP contribution is -2.19. The van der Waals surface area contributed by atoms with Crippen LogP contribution in [0.5, 0.6) is 0 Å². The number of urea groups is 1. The van der Waals surface area contributed by atoms with E-state index in [1.807, 2.05) is 6.07 Å². The van der Waals surface area contributed by atoms with Gasteiger partial charge in [0.25, 0.3) is 5.91 Å². The molecule has 0 fully saturated rings. The van der Waals surface area contributed by atoms with Gasteiger partial charge in [0.15, 0.2) is 11.6 Å². The van der Waals surface area contributed by atoms with Crippen LogP contribution in [0.1, 0.15) is 10.4 Å². The van der Waals surface area contributed by atoms with Crippen LogP contribution in [0.4, 0.5) is 30.6 Å². The minimum atomic E-state index is -1.17. The van der Waals surface area contributed by atoms with Crippen LogP contribution in [0, 0.1) is 11.6 Å². The Morgan fingerprint density at radius 3 is 1.82 bits per heavy atom. The zero-order valence-corrected chi connectivity index (χ0v) is 15.1. The third-order valence-corrected chi connectivity index (χ3v) is 4.00. The molecule has 0 saturated carbocycles. The Morgan fingerprint density at radius 1 is 0.714 bits per heavy atom. The highest BCUT2D eigenvalue weighted by molar-refractivity contribution is 6.34. The van der Waals surface area contributed by atoms with Crippen molar-refractivity contribution in [3.63, 3.8) is 0 Å². The molecule has 0 radical (unpaired) electrons. The van der Waals surface area contributed by atoms with Crippen molar-refractivity contribution in [2.45, 2.75) is 0 Å². The first-order valence-electron chi connectivity index (χ1n) is 8.11. The minimum Gasteiger partial charge on any atom is -0.322 e. The molecular weight excluding hydrogens is 388 g/mol. The van der Waals surface area contributed by atoms with E-state index in [1.165, 1.54) is 0 Å². The van der Waals surface area contributed by atoms with E-state index in [0.29, 0.717) is 17.1 Å². The Hall–Kier alpha value is -3.45. The molecule has 0 aliphatic rings. The topological polar surface area (TPSA) is 70.2 Å². The summed E-state index contributed by atoms with van der Waals surface area (Å²) >= 11 is 5.79. The normalized spacial score (nSPS) is 10.2. The molecule has 0 heterocycles. The number of halogens is 3. The first-order valence-corrected chi connectivity index (χ1v) is 8.49. The zero-order chi connectivity index (χ0) is 20.1. The first kappa shape index (κ1) is 19.3. The molecule has 8 heteroatoms. The number of para-hydroxylation sites is 1. The van der Waals surface area contributed by atoms with Gasteiger partial charge in [0.1, 0.15) is 0 Å². The smallest absolute Gasteiger partial charge is 0.322 e. The Labute approximate surface area is 164 Å². The summed E-state index contributed by atoms with van der Waals surface area (Å²) in [7, 11) is 0. The van der Waals surface area contributed by atoms with E-state index in [0.717, 1.165) is 12.1 Å². The van der Waals surface area contributed by atoms with Crippen molar-refractivity contribution in [2.75, 3.05) is 16.0 Å². The molecule has 0 aliphatic carbocycles. The fourth-order valence-electron chi connectivity index (χ4n) is 2.35. The van der Waals surface area contributed by atoms with E-state index in [2.05, 4.69) is 16.0 Å². The molecule has 5 nitrogen and oxygen atoms in total. The SMILES string of the molecule is O=C(Nc1ccccc1)Nc1ccc(NC(=O)c2cc(F)c(F)cc2Cl)cc1. The van der Waals surface area contributed by atoms with Crippen molar-refractivity contribution in [1.82, 2.24) is 0 Å². The van der Waals surface area contributed by atoms with Gasteiger partial charge >= 0.3 is 6.03 Å². The van der Waals surface area contributed by atoms with Gasteiger partial charge in [0.05, 0.1) is 10.6 Å². The second kappa shape index (κ2) is 8.49. The highest BCUT2D eigenvalue weighted by Gasteiger charge is 2.15. The number of benzene rings is 3. The summed E-state index contributed by atoms with van der Waals surface area (Å²) in [5, 5.41) is 7.65. The molecule has 28 heavy (non-hydrogen) atoms. The molecule has 3 amide bonds. The maximum Gasteiger partial charge on any atom is 0.323 e. The van der Waals surface area contributed by atoms with Gasteiger partial charge in [0, 0.05) is 17.1 Å². The Bertz CT molecular complexity index is 1010. The minimum absolute atomic E-state index is 0.190. The van der Waals surface area contributed by atoms with E-state index in [1.54, 1.807) is 48.5 Å². The van der Waals surface area contributed by atoms with Crippen molar-refractivity contribution in [3.05, 3.63) is 89.0 Å². The van der Waals surface area contributed by atoms with E-state index >= 15 is 0 Å². The second-order valence-electron chi connectivity index (χ2n) is 5.72. The van der Waals surface area contributed by atoms with Crippen molar-refractivity contribution in [1.29, 1.82) is 0 Å². The molecule has 0 atom stereocenters. The third kappa shape index (κ3) is 4.83. The van der Waals surface area contributed by atoms with Crippen LogP contribution in [0.3, 0.4) is 0 Å². The maximum absolute atomic E-state index is 13.3. The Balaban J connectivity index is 1.62. The highest BCUT2D eigenvalue weighted by Crippen LogP contribution is 2.22. The first-order chi connectivity index (χ1) is 13.4. The molecule has 142 valence electrons. The number of nitrogens with one attached hydrogen (secondary N) is 3. The summed E-state index contributed by atoms with van der Waals surface area (Å²) in [6, 6.07) is 16.2. The van der Waals surface area contributed by atoms with Crippen LogP contribution in [-0.4, -0.2) is 11.9 Å². The van der Waals surface area contributed by atoms with Gasteiger partial charge in [-0.3, -0.25) is 4.79 Å². The highest BCUT2D eigenvalue weighted by atomic mass is 35.5. The summed E-state index contributed by atoms with van der Waals surface area (Å²) in [6.07, 6.45) is 0. The van der Waals surface area contributed by atoms with Crippen LogP contribution in [-0.2, 0) is 0 Å². The van der Waals surface area contributed by atoms with E-state index in [4.69, 9.17) is 11.6 Å². The van der Waals surface area contributed by atoms with Gasteiger partial charge in [0.2, 0.25) is 0 Å². The molecule has 0 unspecified atom stereocenters. The number of amides is 3. The maximum atomic E-state index is 13.3. The van der Waals surface area contributed by atoms with E-state index in [9.17, 15) is 18.4 Å². The molecule has 0 spiro atoms. The molecule has 0 aromatic heterocycles. The van der Waals surface area contributed by atoms with Gasteiger partial charge in [-0.15, -0.1) is 0 Å². The predicted octanol–water partition coefficient (Wildman–Crippen LogP) is 5.51. The van der Waals surface area contributed by atoms with Crippen LogP contribution < -0.4 is 16.0 Å². The predicted molar refractivity (Wildman–Crippen MR) is 105 cm³/mol. The van der Waals surface area contributed by atoms with Crippen LogP contribution >= 0.6 is 11.6 Å². The van der Waals surface area contributed by atoms with Gasteiger partial charge in [-0.2, -0.15) is 0 Å². The average molecular weight is 402 g/mol. The number of carbonyl (C=O) groups is 2. The number of anilines is 3. The average Bonchev–Trinajstić information content (AvgIpc) is 2.67. The zero-order valence-electron chi connectivity index (χ0n) is 14.3. The summed E-state index contributed by atoms with van der Waals surface area (Å²) in [5.41, 5.74) is 1.34. The summed E-state index contributed by atoms with van der Waals surface area (Å²) in [5.74, 6) is -2.99. The fraction of sp³-hybridized carbons (Fsp3) is 0. The van der Waals surface area contributed by atoms with Crippen LogP contribution in [0.25, 0.3) is 0 Å². The monoisotopic (exact) mass is 401 g/mol. The number of hydrogen-bond acceptors (Lipinski definition) is 2. The molecule has 0 bridgehead atoms. The van der Waals surface area contributed by atoms with E-state index in [-0.39, 0.29) is 10.6 Å². The molecule has 0 saturated heterocycles. The van der Waals surface area contributed by atoms with Gasteiger partial charge in [-0.1, -0.05) is 29.8 Å². The number of hydrogen-bond donors (Lipinski definition) is 3. The molecule has 3 aromatic carbocycles. The van der Waals surface area contributed by atoms with Crippen LogP contribution in [0.2, 0.25) is 5.02 Å². The van der Waals surface area contributed by atoms with Crippen LogP contribution in [0.15, 0.2) is 66.7 Å². The molecule has 0 aliphatic heterocycles. The fourth-order valence-corrected chi connectivity index (χ4v) is 2.58. The third-order valence-electron chi connectivity index (χ3n) is 3.69.